The van der Waals surface area contributed by atoms with Crippen LogP contribution in [0.5, 0.6) is 0 Å². The molecule has 0 aromatic heterocycles. The monoisotopic (exact) mass is 404 g/mol. The number of carbonyl (C=O) groups is 1. The second-order valence-electron chi connectivity index (χ2n) is 6.31. The maximum absolute atomic E-state index is 12.9. The Labute approximate surface area is 152 Å². The van der Waals surface area contributed by atoms with E-state index in [1.54, 1.807) is 0 Å². The minimum Gasteiger partial charge on any atom is -0.334 e. The summed E-state index contributed by atoms with van der Waals surface area (Å²) in [5, 5.41) is 0. The van der Waals surface area contributed by atoms with E-state index in [0.29, 0.717) is 25.0 Å². The smallest absolute Gasteiger partial charge is 0.334 e. The van der Waals surface area contributed by atoms with Crippen molar-refractivity contribution in [2.45, 2.75) is 38.2 Å². The first kappa shape index (κ1) is 22.6. The number of hydrogen-bond donors (Lipinski definition) is 1. The molecule has 1 heterocycles. The first-order valence-electron chi connectivity index (χ1n) is 7.74. The van der Waals surface area contributed by atoms with Crippen molar-refractivity contribution in [3.8, 4) is 0 Å². The second-order valence-corrected chi connectivity index (χ2v) is 6.31. The molecule has 1 amide bonds. The quantitative estimate of drug-likeness (QED) is 0.745. The Bertz CT molecular complexity index is 614. The van der Waals surface area contributed by atoms with Crippen molar-refractivity contribution in [2.75, 3.05) is 13.1 Å². The van der Waals surface area contributed by atoms with E-state index in [9.17, 15) is 31.1 Å². The summed E-state index contributed by atoms with van der Waals surface area (Å²) in [5.74, 6) is -0.580. The lowest BCUT2D eigenvalue weighted by Gasteiger charge is -2.38. The van der Waals surface area contributed by atoms with Crippen LogP contribution in [-0.2, 0) is 12.4 Å². The Balaban J connectivity index is 0.00000338. The van der Waals surface area contributed by atoms with E-state index in [-0.39, 0.29) is 37.5 Å². The number of piperidine rings is 1. The molecule has 0 aliphatic carbocycles. The number of halogens is 7. The highest BCUT2D eigenvalue weighted by Crippen LogP contribution is 2.37. The number of carbonyl (C=O) groups excluding carboxylic acids is 1. The number of amides is 1. The summed E-state index contributed by atoms with van der Waals surface area (Å²) in [7, 11) is 0. The van der Waals surface area contributed by atoms with Gasteiger partial charge in [-0.05, 0) is 37.0 Å². The van der Waals surface area contributed by atoms with Crippen molar-refractivity contribution in [1.82, 2.24) is 4.90 Å². The van der Waals surface area contributed by atoms with Crippen molar-refractivity contribution in [2.24, 2.45) is 11.7 Å². The second kappa shape index (κ2) is 8.04. The Hall–Kier alpha value is -1.48. The zero-order valence-electron chi connectivity index (χ0n) is 13.8. The molecule has 2 atom stereocenters. The average molecular weight is 405 g/mol. The lowest BCUT2D eigenvalue weighted by molar-refractivity contribution is -0.143. The van der Waals surface area contributed by atoms with Crippen molar-refractivity contribution in [3.63, 3.8) is 0 Å². The largest absolute Gasteiger partial charge is 0.416 e. The zero-order chi connectivity index (χ0) is 19.0. The van der Waals surface area contributed by atoms with Gasteiger partial charge >= 0.3 is 12.4 Å². The van der Waals surface area contributed by atoms with Gasteiger partial charge in [-0.1, -0.05) is 6.92 Å². The minimum absolute atomic E-state index is 0. The van der Waals surface area contributed by atoms with Gasteiger partial charge in [-0.25, -0.2) is 0 Å². The van der Waals surface area contributed by atoms with E-state index in [1.165, 1.54) is 4.90 Å². The lowest BCUT2D eigenvalue weighted by atomic mass is 9.91. The number of nitrogens with zero attached hydrogens (tertiary/aromatic N) is 1. The molecule has 3 nitrogen and oxygen atoms in total. The molecule has 1 aliphatic rings. The molecule has 0 radical (unpaired) electrons. The van der Waals surface area contributed by atoms with Crippen LogP contribution in [0.25, 0.3) is 0 Å². The Morgan fingerprint density at radius 1 is 1.12 bits per heavy atom. The van der Waals surface area contributed by atoms with Gasteiger partial charge in [-0.15, -0.1) is 12.4 Å². The van der Waals surface area contributed by atoms with Crippen LogP contribution < -0.4 is 5.73 Å². The summed E-state index contributed by atoms with van der Waals surface area (Å²) in [6, 6.07) is 0.530. The van der Waals surface area contributed by atoms with Crippen LogP contribution >= 0.6 is 12.4 Å². The molecule has 0 saturated carbocycles. The van der Waals surface area contributed by atoms with E-state index in [0.717, 1.165) is 0 Å². The molecule has 26 heavy (non-hydrogen) atoms. The zero-order valence-corrected chi connectivity index (χ0v) is 14.6. The van der Waals surface area contributed by atoms with Crippen LogP contribution in [0.15, 0.2) is 18.2 Å². The summed E-state index contributed by atoms with van der Waals surface area (Å²) in [6.07, 6.45) is -8.79. The van der Waals surface area contributed by atoms with Crippen LogP contribution in [0.2, 0.25) is 0 Å². The first-order valence-corrected chi connectivity index (χ1v) is 7.74. The topological polar surface area (TPSA) is 46.3 Å². The van der Waals surface area contributed by atoms with Gasteiger partial charge in [0, 0.05) is 24.7 Å². The van der Waals surface area contributed by atoms with Gasteiger partial charge in [0.05, 0.1) is 11.1 Å². The molecular weight excluding hydrogens is 386 g/mol. The predicted octanol–water partition coefficient (Wildman–Crippen LogP) is 4.35. The number of hydrogen-bond acceptors (Lipinski definition) is 2. The van der Waals surface area contributed by atoms with Gasteiger partial charge < -0.3 is 10.6 Å². The van der Waals surface area contributed by atoms with Crippen LogP contribution in [0, 0.1) is 5.92 Å². The molecule has 10 heteroatoms. The van der Waals surface area contributed by atoms with Crippen LogP contribution in [-0.4, -0.2) is 29.9 Å². The van der Waals surface area contributed by atoms with E-state index in [1.807, 2.05) is 6.92 Å². The fraction of sp³-hybridized carbons (Fsp3) is 0.562. The van der Waals surface area contributed by atoms with Gasteiger partial charge in [0.25, 0.3) is 5.91 Å². The number of rotatable bonds is 2. The molecule has 1 aromatic carbocycles. The van der Waals surface area contributed by atoms with Gasteiger partial charge in [0.2, 0.25) is 0 Å². The molecule has 148 valence electrons. The minimum atomic E-state index is -4.99. The molecule has 2 unspecified atom stereocenters. The van der Waals surface area contributed by atoms with Gasteiger partial charge in [0.1, 0.15) is 0 Å². The van der Waals surface area contributed by atoms with E-state index >= 15 is 0 Å². The summed E-state index contributed by atoms with van der Waals surface area (Å²) >= 11 is 0. The number of likely N-dealkylation sites (tertiary alicyclic amines) is 1. The van der Waals surface area contributed by atoms with Gasteiger partial charge in [-0.3, -0.25) is 4.79 Å². The third-order valence-corrected chi connectivity index (χ3v) is 4.35. The highest BCUT2D eigenvalue weighted by molar-refractivity contribution is 5.95. The molecular formula is C16H19ClF6N2O. The van der Waals surface area contributed by atoms with Crippen molar-refractivity contribution >= 4 is 18.3 Å². The SMILES string of the molecule is CC1CCN(C(=O)c2cc(C(F)(F)F)cc(C(F)(F)F)c2)C(CN)C1.Cl. The standard InChI is InChI=1S/C16H18F6N2O.ClH/c1-9-2-3-24(13(4-9)8-23)14(25)10-5-11(15(17,18)19)7-12(6-10)16(20,21)22;/h5-7,9,13H,2-4,8,23H2,1H3;1H. The summed E-state index contributed by atoms with van der Waals surface area (Å²) in [6.45, 7) is 2.30. The van der Waals surface area contributed by atoms with E-state index in [2.05, 4.69) is 0 Å². The molecule has 0 bridgehead atoms. The summed E-state index contributed by atoms with van der Waals surface area (Å²) in [4.78, 5) is 13.8. The van der Waals surface area contributed by atoms with Gasteiger partial charge in [-0.2, -0.15) is 26.3 Å². The highest BCUT2D eigenvalue weighted by atomic mass is 35.5. The molecule has 1 saturated heterocycles. The summed E-state index contributed by atoms with van der Waals surface area (Å²) in [5.41, 5.74) is 1.99. The normalized spacial score (nSPS) is 21.3. The van der Waals surface area contributed by atoms with E-state index in [4.69, 9.17) is 5.73 Å². The van der Waals surface area contributed by atoms with E-state index < -0.39 is 41.0 Å². The number of nitrogens with two attached hydrogens (primary N) is 1. The Morgan fingerprint density at radius 2 is 1.62 bits per heavy atom. The number of benzene rings is 1. The molecule has 1 aliphatic heterocycles. The van der Waals surface area contributed by atoms with Crippen molar-refractivity contribution in [1.29, 1.82) is 0 Å². The van der Waals surface area contributed by atoms with Crippen LogP contribution in [0.1, 0.15) is 41.3 Å². The third kappa shape index (κ3) is 5.03. The summed E-state index contributed by atoms with van der Waals surface area (Å²) < 4.78 is 77.5. The average Bonchev–Trinajstić information content (AvgIpc) is 2.52. The maximum atomic E-state index is 12.9. The Morgan fingerprint density at radius 3 is 2.04 bits per heavy atom. The molecule has 0 spiro atoms. The van der Waals surface area contributed by atoms with Crippen LogP contribution in [0.4, 0.5) is 26.3 Å². The maximum Gasteiger partial charge on any atom is 0.416 e. The van der Waals surface area contributed by atoms with Crippen LogP contribution in [0.3, 0.4) is 0 Å². The molecule has 1 aromatic rings. The Kier molecular flexibility index (Phi) is 6.98. The lowest BCUT2D eigenvalue weighted by Crippen LogP contribution is -2.49. The fourth-order valence-corrected chi connectivity index (χ4v) is 2.99. The third-order valence-electron chi connectivity index (χ3n) is 4.35. The molecule has 2 rings (SSSR count). The molecule has 1 fully saturated rings. The van der Waals surface area contributed by atoms with Crippen molar-refractivity contribution < 1.29 is 31.1 Å². The first-order chi connectivity index (χ1) is 11.4. The predicted molar refractivity (Wildman–Crippen MR) is 86.0 cm³/mol. The fourth-order valence-electron chi connectivity index (χ4n) is 2.99. The highest BCUT2D eigenvalue weighted by Gasteiger charge is 2.38. The molecule has 2 N–H and O–H groups in total. The number of alkyl halides is 6. The van der Waals surface area contributed by atoms with Gasteiger partial charge in [0.15, 0.2) is 0 Å². The van der Waals surface area contributed by atoms with Crippen molar-refractivity contribution in [3.05, 3.63) is 34.9 Å².